The number of fused-ring (bicyclic) bond motifs is 1. The summed E-state index contributed by atoms with van der Waals surface area (Å²) in [5.74, 6) is -0.537. The van der Waals surface area contributed by atoms with Crippen molar-refractivity contribution in [3.05, 3.63) is 69.5 Å². The van der Waals surface area contributed by atoms with Crippen LogP contribution >= 0.6 is 11.3 Å². The Morgan fingerprint density at radius 2 is 1.88 bits per heavy atom. The average Bonchev–Trinajstić information content (AvgIpc) is 3.45. The van der Waals surface area contributed by atoms with Gasteiger partial charge in [0, 0.05) is 43.0 Å². The van der Waals surface area contributed by atoms with Crippen LogP contribution in [0, 0.1) is 5.82 Å². The van der Waals surface area contributed by atoms with E-state index in [1.165, 1.54) is 34.1 Å². The van der Waals surface area contributed by atoms with Crippen LogP contribution in [0.4, 0.5) is 4.39 Å². The molecule has 4 aromatic rings. The molecule has 0 unspecified atom stereocenters. The van der Waals surface area contributed by atoms with E-state index in [2.05, 4.69) is 9.97 Å². The highest BCUT2D eigenvalue weighted by Gasteiger charge is 2.21. The third-order valence-corrected chi connectivity index (χ3v) is 6.79. The van der Waals surface area contributed by atoms with E-state index in [1.807, 2.05) is 4.90 Å². The number of aromatic nitrogens is 4. The maximum atomic E-state index is 13.1. The van der Waals surface area contributed by atoms with Crippen molar-refractivity contribution in [1.29, 1.82) is 0 Å². The van der Waals surface area contributed by atoms with E-state index in [4.69, 9.17) is 0 Å². The number of likely N-dealkylation sites (tertiary alicyclic amines) is 1. The summed E-state index contributed by atoms with van der Waals surface area (Å²) in [5.41, 5.74) is 0.389. The fourth-order valence-electron chi connectivity index (χ4n) is 4.03. The van der Waals surface area contributed by atoms with Crippen molar-refractivity contribution in [3.63, 3.8) is 0 Å². The van der Waals surface area contributed by atoms with Gasteiger partial charge in [0.05, 0.1) is 0 Å². The van der Waals surface area contributed by atoms with Gasteiger partial charge in [-0.3, -0.25) is 9.59 Å². The number of benzene rings is 1. The largest absolute Gasteiger partial charge is 0.501 e. The quantitative estimate of drug-likeness (QED) is 0.487. The molecule has 1 aliphatic heterocycles. The van der Waals surface area contributed by atoms with Crippen molar-refractivity contribution in [3.8, 4) is 16.5 Å². The smallest absolute Gasteiger partial charge is 0.302 e. The topological polar surface area (TPSA) is 92.7 Å². The minimum Gasteiger partial charge on any atom is -0.501 e. The number of carbonyl (C=O) groups excluding carboxylic acids is 1. The molecule has 10 heteroatoms. The van der Waals surface area contributed by atoms with Gasteiger partial charge in [-0.25, -0.2) is 18.8 Å². The summed E-state index contributed by atoms with van der Waals surface area (Å²) in [7, 11) is 0. The van der Waals surface area contributed by atoms with Crippen molar-refractivity contribution >= 4 is 23.0 Å². The van der Waals surface area contributed by atoms with Gasteiger partial charge in [0.1, 0.15) is 17.4 Å². The number of halogens is 1. The summed E-state index contributed by atoms with van der Waals surface area (Å²) >= 11 is 1.30. The standard InChI is InChI=1S/C23H22FN5O3S/c24-16-6-4-15(5-7-16)12-17-13-25-21(33-17)19-20(31)22(32)29-11-10-28(23(29)26-19)14-18(30)27-8-2-1-3-9-27/h4-7,10-11,13,31H,1-3,8-9,12,14H2. The summed E-state index contributed by atoms with van der Waals surface area (Å²) in [6.07, 6.45) is 8.45. The first kappa shape index (κ1) is 21.3. The molecule has 3 aromatic heterocycles. The van der Waals surface area contributed by atoms with Crippen molar-refractivity contribution in [2.45, 2.75) is 32.2 Å². The Bertz CT molecular complexity index is 1370. The van der Waals surface area contributed by atoms with E-state index in [-0.39, 0.29) is 29.7 Å². The predicted molar refractivity (Wildman–Crippen MR) is 122 cm³/mol. The molecule has 1 aromatic carbocycles. The average molecular weight is 468 g/mol. The van der Waals surface area contributed by atoms with E-state index in [0.29, 0.717) is 11.4 Å². The van der Waals surface area contributed by atoms with Crippen LogP contribution in [0.2, 0.25) is 0 Å². The second-order valence-corrected chi connectivity index (χ2v) is 9.20. The molecule has 0 aliphatic carbocycles. The van der Waals surface area contributed by atoms with E-state index in [9.17, 15) is 19.1 Å². The monoisotopic (exact) mass is 467 g/mol. The second kappa shape index (κ2) is 8.78. The zero-order valence-corrected chi connectivity index (χ0v) is 18.6. The first-order valence-corrected chi connectivity index (χ1v) is 11.6. The molecule has 170 valence electrons. The van der Waals surface area contributed by atoms with Gasteiger partial charge in [0.15, 0.2) is 5.69 Å². The van der Waals surface area contributed by atoms with E-state index in [1.54, 1.807) is 29.1 Å². The zero-order chi connectivity index (χ0) is 22.9. The summed E-state index contributed by atoms with van der Waals surface area (Å²) in [6, 6.07) is 6.21. The van der Waals surface area contributed by atoms with Gasteiger partial charge >= 0.3 is 5.56 Å². The molecule has 4 heterocycles. The molecule has 1 amide bonds. The number of aromatic hydroxyl groups is 1. The highest BCUT2D eigenvalue weighted by atomic mass is 32.1. The SMILES string of the molecule is O=C(Cn1ccn2c(=O)c(O)c(-c3ncc(Cc4ccc(F)cc4)s3)nc12)N1CCCCC1. The lowest BCUT2D eigenvalue weighted by Gasteiger charge is -2.26. The molecule has 5 rings (SSSR count). The third kappa shape index (κ3) is 4.25. The van der Waals surface area contributed by atoms with Crippen LogP contribution in [0.5, 0.6) is 5.75 Å². The van der Waals surface area contributed by atoms with Gasteiger partial charge in [-0.05, 0) is 37.0 Å². The lowest BCUT2D eigenvalue weighted by molar-refractivity contribution is -0.132. The van der Waals surface area contributed by atoms with Crippen LogP contribution in [0.15, 0.2) is 47.7 Å². The first-order valence-electron chi connectivity index (χ1n) is 10.8. The van der Waals surface area contributed by atoms with Gasteiger partial charge in [-0.2, -0.15) is 0 Å². The first-order chi connectivity index (χ1) is 16.0. The molecular formula is C23H22FN5O3S. The number of nitrogens with zero attached hydrogens (tertiary/aromatic N) is 5. The zero-order valence-electron chi connectivity index (χ0n) is 17.8. The number of piperidine rings is 1. The van der Waals surface area contributed by atoms with Crippen molar-refractivity contribution in [1.82, 2.24) is 23.8 Å². The Morgan fingerprint density at radius 3 is 2.64 bits per heavy atom. The number of thiazole rings is 1. The summed E-state index contributed by atoms with van der Waals surface area (Å²) in [4.78, 5) is 37.0. The van der Waals surface area contributed by atoms with Crippen molar-refractivity contribution in [2.75, 3.05) is 13.1 Å². The molecule has 0 atom stereocenters. The second-order valence-electron chi connectivity index (χ2n) is 8.09. The highest BCUT2D eigenvalue weighted by Crippen LogP contribution is 2.30. The Labute approximate surface area is 192 Å². The van der Waals surface area contributed by atoms with Crippen LogP contribution in [0.3, 0.4) is 0 Å². The van der Waals surface area contributed by atoms with Gasteiger partial charge in [-0.15, -0.1) is 11.3 Å². The van der Waals surface area contributed by atoms with Crippen LogP contribution in [0.25, 0.3) is 16.5 Å². The van der Waals surface area contributed by atoms with E-state index in [0.717, 1.165) is 42.8 Å². The minimum absolute atomic E-state index is 0.0208. The number of rotatable bonds is 5. The predicted octanol–water partition coefficient (Wildman–Crippen LogP) is 3.07. The molecule has 1 aliphatic rings. The Hall–Kier alpha value is -3.53. The van der Waals surface area contributed by atoms with Crippen molar-refractivity contribution in [2.24, 2.45) is 0 Å². The van der Waals surface area contributed by atoms with Crippen LogP contribution in [-0.4, -0.2) is 47.9 Å². The van der Waals surface area contributed by atoms with Crippen LogP contribution in [0.1, 0.15) is 29.7 Å². The van der Waals surface area contributed by atoms with Gasteiger partial charge in [0.2, 0.25) is 17.4 Å². The molecule has 0 saturated carbocycles. The maximum Gasteiger partial charge on any atom is 0.302 e. The summed E-state index contributed by atoms with van der Waals surface area (Å²) in [6.45, 7) is 1.56. The maximum absolute atomic E-state index is 13.1. The molecule has 1 saturated heterocycles. The van der Waals surface area contributed by atoms with Crippen LogP contribution in [-0.2, 0) is 17.8 Å². The lowest BCUT2D eigenvalue weighted by Crippen LogP contribution is -2.37. The van der Waals surface area contributed by atoms with Gasteiger partial charge in [0.25, 0.3) is 0 Å². The lowest BCUT2D eigenvalue weighted by atomic mass is 10.1. The Kier molecular flexibility index (Phi) is 5.67. The van der Waals surface area contributed by atoms with Crippen molar-refractivity contribution < 1.29 is 14.3 Å². The number of carbonyl (C=O) groups is 1. The van der Waals surface area contributed by atoms with Gasteiger partial charge in [-0.1, -0.05) is 12.1 Å². The summed E-state index contributed by atoms with van der Waals surface area (Å²) in [5, 5.41) is 10.9. The minimum atomic E-state index is -0.616. The highest BCUT2D eigenvalue weighted by molar-refractivity contribution is 7.15. The van der Waals surface area contributed by atoms with E-state index >= 15 is 0 Å². The molecule has 33 heavy (non-hydrogen) atoms. The number of amides is 1. The molecule has 0 spiro atoms. The fourth-order valence-corrected chi connectivity index (χ4v) is 4.96. The van der Waals surface area contributed by atoms with Gasteiger partial charge < -0.3 is 14.6 Å². The molecule has 1 N–H and O–H groups in total. The summed E-state index contributed by atoms with van der Waals surface area (Å²) < 4.78 is 16.0. The fraction of sp³-hybridized carbons (Fsp3) is 0.304. The molecule has 0 bridgehead atoms. The van der Waals surface area contributed by atoms with E-state index < -0.39 is 11.3 Å². The number of hydrogen-bond acceptors (Lipinski definition) is 6. The normalized spacial score (nSPS) is 14.2. The Balaban J connectivity index is 1.45. The molecule has 8 nitrogen and oxygen atoms in total. The number of imidazole rings is 1. The molecule has 0 radical (unpaired) electrons. The number of hydrogen-bond donors (Lipinski definition) is 1. The third-order valence-electron chi connectivity index (χ3n) is 5.79. The van der Waals surface area contributed by atoms with Crippen LogP contribution < -0.4 is 5.56 Å². The molecule has 1 fully saturated rings. The molecular weight excluding hydrogens is 445 g/mol. The Morgan fingerprint density at radius 1 is 1.12 bits per heavy atom.